The Labute approximate surface area is 120 Å². The number of nitrogens with one attached hydrogen (secondary N) is 1. The third kappa shape index (κ3) is 2.91. The SMILES string of the molecule is COc1cccc(C2CCNC2)c1OC1CCCOC1. The molecule has 2 aliphatic heterocycles. The molecule has 1 aromatic carbocycles. The molecule has 0 radical (unpaired) electrons. The normalized spacial score (nSPS) is 26.4. The summed E-state index contributed by atoms with van der Waals surface area (Å²) in [5.41, 5.74) is 1.26. The first-order valence-corrected chi connectivity index (χ1v) is 7.50. The minimum atomic E-state index is 0.146. The molecule has 110 valence electrons. The molecule has 2 saturated heterocycles. The van der Waals surface area contributed by atoms with Crippen LogP contribution in [0.15, 0.2) is 18.2 Å². The summed E-state index contributed by atoms with van der Waals surface area (Å²) >= 11 is 0. The smallest absolute Gasteiger partial charge is 0.165 e. The van der Waals surface area contributed by atoms with E-state index in [0.29, 0.717) is 12.5 Å². The Morgan fingerprint density at radius 3 is 2.95 bits per heavy atom. The second-order valence-electron chi connectivity index (χ2n) is 5.53. The number of para-hydroxylation sites is 1. The van der Waals surface area contributed by atoms with E-state index >= 15 is 0 Å². The Morgan fingerprint density at radius 2 is 2.25 bits per heavy atom. The summed E-state index contributed by atoms with van der Waals surface area (Å²) in [6, 6.07) is 6.20. The van der Waals surface area contributed by atoms with Gasteiger partial charge in [-0.1, -0.05) is 12.1 Å². The van der Waals surface area contributed by atoms with Gasteiger partial charge in [0.15, 0.2) is 11.5 Å². The number of rotatable bonds is 4. The van der Waals surface area contributed by atoms with Crippen LogP contribution in [0.25, 0.3) is 0 Å². The fourth-order valence-electron chi connectivity index (χ4n) is 3.03. The minimum Gasteiger partial charge on any atom is -0.493 e. The molecule has 1 aromatic rings. The maximum Gasteiger partial charge on any atom is 0.165 e. The van der Waals surface area contributed by atoms with E-state index in [1.807, 2.05) is 6.07 Å². The molecule has 20 heavy (non-hydrogen) atoms. The van der Waals surface area contributed by atoms with E-state index in [9.17, 15) is 0 Å². The second-order valence-corrected chi connectivity index (χ2v) is 5.53. The predicted octanol–water partition coefficient (Wildman–Crippen LogP) is 2.33. The van der Waals surface area contributed by atoms with E-state index < -0.39 is 0 Å². The van der Waals surface area contributed by atoms with Crippen LogP contribution in [0.4, 0.5) is 0 Å². The number of hydrogen-bond donors (Lipinski definition) is 1. The summed E-state index contributed by atoms with van der Waals surface area (Å²) < 4.78 is 17.3. The molecule has 2 unspecified atom stereocenters. The molecule has 0 bridgehead atoms. The van der Waals surface area contributed by atoms with Gasteiger partial charge in [-0.3, -0.25) is 0 Å². The third-order valence-electron chi connectivity index (χ3n) is 4.13. The van der Waals surface area contributed by atoms with Crippen molar-refractivity contribution in [2.24, 2.45) is 0 Å². The van der Waals surface area contributed by atoms with E-state index in [2.05, 4.69) is 17.4 Å². The number of ether oxygens (including phenoxy) is 3. The van der Waals surface area contributed by atoms with Gasteiger partial charge in [-0.25, -0.2) is 0 Å². The first-order chi connectivity index (χ1) is 9.88. The van der Waals surface area contributed by atoms with Crippen molar-refractivity contribution in [3.63, 3.8) is 0 Å². The van der Waals surface area contributed by atoms with Gasteiger partial charge in [0, 0.05) is 24.6 Å². The molecule has 0 amide bonds. The van der Waals surface area contributed by atoms with Crippen molar-refractivity contribution in [1.29, 1.82) is 0 Å². The van der Waals surface area contributed by atoms with Crippen LogP contribution in [0.3, 0.4) is 0 Å². The molecule has 0 saturated carbocycles. The molecule has 0 aliphatic carbocycles. The quantitative estimate of drug-likeness (QED) is 0.917. The lowest BCUT2D eigenvalue weighted by molar-refractivity contribution is 0.00591. The Morgan fingerprint density at radius 1 is 1.30 bits per heavy atom. The zero-order chi connectivity index (χ0) is 13.8. The van der Waals surface area contributed by atoms with Crippen LogP contribution < -0.4 is 14.8 Å². The highest BCUT2D eigenvalue weighted by molar-refractivity contribution is 5.49. The molecule has 2 heterocycles. The number of methoxy groups -OCH3 is 1. The van der Waals surface area contributed by atoms with Crippen LogP contribution in [0.1, 0.15) is 30.7 Å². The molecule has 0 aromatic heterocycles. The molecule has 1 N–H and O–H groups in total. The summed E-state index contributed by atoms with van der Waals surface area (Å²) in [6.07, 6.45) is 3.43. The van der Waals surface area contributed by atoms with Gasteiger partial charge in [-0.05, 0) is 31.9 Å². The van der Waals surface area contributed by atoms with Gasteiger partial charge < -0.3 is 19.5 Å². The van der Waals surface area contributed by atoms with Crippen LogP contribution in [-0.2, 0) is 4.74 Å². The van der Waals surface area contributed by atoms with E-state index in [0.717, 1.165) is 50.5 Å². The lowest BCUT2D eigenvalue weighted by atomic mass is 9.97. The molecule has 4 heteroatoms. The van der Waals surface area contributed by atoms with Gasteiger partial charge in [-0.2, -0.15) is 0 Å². The lowest BCUT2D eigenvalue weighted by Gasteiger charge is -2.26. The molecule has 2 atom stereocenters. The number of hydrogen-bond acceptors (Lipinski definition) is 4. The van der Waals surface area contributed by atoms with Gasteiger partial charge in [-0.15, -0.1) is 0 Å². The van der Waals surface area contributed by atoms with Crippen molar-refractivity contribution < 1.29 is 14.2 Å². The Kier molecular flexibility index (Phi) is 4.43. The van der Waals surface area contributed by atoms with Crippen LogP contribution >= 0.6 is 0 Å². The fourth-order valence-corrected chi connectivity index (χ4v) is 3.03. The van der Waals surface area contributed by atoms with Crippen molar-refractivity contribution in [2.45, 2.75) is 31.3 Å². The first kappa shape index (κ1) is 13.7. The van der Waals surface area contributed by atoms with Gasteiger partial charge in [0.1, 0.15) is 6.10 Å². The predicted molar refractivity (Wildman–Crippen MR) is 77.7 cm³/mol. The molecular weight excluding hydrogens is 254 g/mol. The number of benzene rings is 1. The Balaban J connectivity index is 1.84. The second kappa shape index (κ2) is 6.46. The van der Waals surface area contributed by atoms with Crippen LogP contribution in [0, 0.1) is 0 Å². The summed E-state index contributed by atoms with van der Waals surface area (Å²) in [4.78, 5) is 0. The van der Waals surface area contributed by atoms with Crippen LogP contribution in [-0.4, -0.2) is 39.5 Å². The van der Waals surface area contributed by atoms with Crippen molar-refractivity contribution in [3.8, 4) is 11.5 Å². The monoisotopic (exact) mass is 277 g/mol. The lowest BCUT2D eigenvalue weighted by Crippen LogP contribution is -2.28. The average Bonchev–Trinajstić information content (AvgIpc) is 3.02. The van der Waals surface area contributed by atoms with E-state index in [-0.39, 0.29) is 6.10 Å². The first-order valence-electron chi connectivity index (χ1n) is 7.50. The summed E-state index contributed by atoms with van der Waals surface area (Å²) in [5, 5.41) is 3.42. The van der Waals surface area contributed by atoms with Crippen LogP contribution in [0.2, 0.25) is 0 Å². The average molecular weight is 277 g/mol. The maximum atomic E-state index is 6.24. The topological polar surface area (TPSA) is 39.7 Å². The Hall–Kier alpha value is -1.26. The molecule has 0 spiro atoms. The zero-order valence-electron chi connectivity index (χ0n) is 12.1. The molecule has 2 fully saturated rings. The highest BCUT2D eigenvalue weighted by Gasteiger charge is 2.25. The zero-order valence-corrected chi connectivity index (χ0v) is 12.1. The summed E-state index contributed by atoms with van der Waals surface area (Å²) in [7, 11) is 1.70. The van der Waals surface area contributed by atoms with Gasteiger partial charge in [0.25, 0.3) is 0 Å². The third-order valence-corrected chi connectivity index (χ3v) is 4.13. The summed E-state index contributed by atoms with van der Waals surface area (Å²) in [5.74, 6) is 2.27. The van der Waals surface area contributed by atoms with Crippen molar-refractivity contribution in [2.75, 3.05) is 33.4 Å². The largest absolute Gasteiger partial charge is 0.493 e. The summed E-state index contributed by atoms with van der Waals surface area (Å²) in [6.45, 7) is 3.63. The van der Waals surface area contributed by atoms with Crippen molar-refractivity contribution in [1.82, 2.24) is 5.32 Å². The molecular formula is C16H23NO3. The van der Waals surface area contributed by atoms with Crippen molar-refractivity contribution >= 4 is 0 Å². The van der Waals surface area contributed by atoms with Crippen LogP contribution in [0.5, 0.6) is 11.5 Å². The highest BCUT2D eigenvalue weighted by atomic mass is 16.5. The Bertz CT molecular complexity index is 437. The van der Waals surface area contributed by atoms with E-state index in [1.165, 1.54) is 5.56 Å². The minimum absolute atomic E-state index is 0.146. The standard InChI is InChI=1S/C16H23NO3/c1-18-15-6-2-5-14(12-7-8-17-10-12)16(15)20-13-4-3-9-19-11-13/h2,5-6,12-13,17H,3-4,7-11H2,1H3. The maximum absolute atomic E-state index is 6.24. The molecule has 4 nitrogen and oxygen atoms in total. The van der Waals surface area contributed by atoms with E-state index in [1.54, 1.807) is 7.11 Å². The fraction of sp³-hybridized carbons (Fsp3) is 0.625. The van der Waals surface area contributed by atoms with Gasteiger partial charge in [0.2, 0.25) is 0 Å². The molecule has 3 rings (SSSR count). The van der Waals surface area contributed by atoms with E-state index in [4.69, 9.17) is 14.2 Å². The van der Waals surface area contributed by atoms with Gasteiger partial charge in [0.05, 0.1) is 13.7 Å². The molecule has 2 aliphatic rings. The van der Waals surface area contributed by atoms with Gasteiger partial charge >= 0.3 is 0 Å². The highest BCUT2D eigenvalue weighted by Crippen LogP contribution is 2.39. The van der Waals surface area contributed by atoms with Crippen molar-refractivity contribution in [3.05, 3.63) is 23.8 Å².